The molecule has 2 atom stereocenters. The number of hydrogen-bond donors (Lipinski definition) is 3. The van der Waals surface area contributed by atoms with E-state index in [-0.39, 0.29) is 12.1 Å². The van der Waals surface area contributed by atoms with Crippen molar-refractivity contribution in [3.63, 3.8) is 0 Å². The van der Waals surface area contributed by atoms with Crippen LogP contribution >= 0.6 is 11.8 Å². The summed E-state index contributed by atoms with van der Waals surface area (Å²) >= 11 is 1.80. The lowest BCUT2D eigenvalue weighted by Crippen LogP contribution is -2.52. The van der Waals surface area contributed by atoms with Crippen molar-refractivity contribution in [1.82, 2.24) is 15.3 Å². The second kappa shape index (κ2) is 5.89. The Bertz CT molecular complexity index is 327. The topological polar surface area (TPSA) is 60.9 Å². The molecule has 1 aliphatic rings. The van der Waals surface area contributed by atoms with Crippen LogP contribution in [0, 0.1) is 0 Å². The minimum absolute atomic E-state index is 0.0722. The molecule has 1 aromatic heterocycles. The van der Waals surface area contributed by atoms with Crippen molar-refractivity contribution in [3.05, 3.63) is 12.4 Å². The van der Waals surface area contributed by atoms with E-state index in [4.69, 9.17) is 0 Å². The molecule has 0 saturated heterocycles. The fourth-order valence-corrected chi connectivity index (χ4v) is 3.88. The van der Waals surface area contributed by atoms with Gasteiger partial charge in [-0.3, -0.25) is 0 Å². The molecule has 1 aromatic rings. The monoisotopic (exact) mass is 255 g/mol. The second-order valence-corrected chi connectivity index (χ2v) is 5.99. The number of aromatic amines is 1. The van der Waals surface area contributed by atoms with Crippen molar-refractivity contribution in [1.29, 1.82) is 0 Å². The molecule has 0 bridgehead atoms. The summed E-state index contributed by atoms with van der Waals surface area (Å²) in [6.45, 7) is 3.25. The first-order valence-corrected chi connectivity index (χ1v) is 7.18. The zero-order valence-electron chi connectivity index (χ0n) is 10.3. The van der Waals surface area contributed by atoms with Gasteiger partial charge in [0, 0.05) is 23.2 Å². The molecule has 1 fully saturated rings. The Morgan fingerprint density at radius 1 is 1.71 bits per heavy atom. The number of likely N-dealkylation sites (N-methyl/N-ethyl adjacent to an activating group) is 1. The minimum atomic E-state index is -0.0722. The molecular weight excluding hydrogens is 234 g/mol. The first-order chi connectivity index (χ1) is 8.28. The van der Waals surface area contributed by atoms with E-state index in [0.29, 0.717) is 5.25 Å². The van der Waals surface area contributed by atoms with E-state index in [2.05, 4.69) is 22.2 Å². The number of hydrogen-bond acceptors (Lipinski definition) is 4. The highest BCUT2D eigenvalue weighted by atomic mass is 32.2. The predicted molar refractivity (Wildman–Crippen MR) is 70.2 cm³/mol. The molecule has 2 unspecified atom stereocenters. The van der Waals surface area contributed by atoms with E-state index < -0.39 is 0 Å². The van der Waals surface area contributed by atoms with Crippen LogP contribution in [-0.4, -0.2) is 39.0 Å². The molecule has 96 valence electrons. The molecule has 17 heavy (non-hydrogen) atoms. The molecule has 1 aliphatic carbocycles. The molecule has 5 heteroatoms. The van der Waals surface area contributed by atoms with E-state index >= 15 is 0 Å². The van der Waals surface area contributed by atoms with E-state index in [0.717, 1.165) is 24.5 Å². The van der Waals surface area contributed by atoms with Gasteiger partial charge in [0.15, 0.2) is 5.16 Å². The summed E-state index contributed by atoms with van der Waals surface area (Å²) in [5.41, 5.74) is -0.0722. The van der Waals surface area contributed by atoms with Crippen molar-refractivity contribution in [2.45, 2.75) is 48.6 Å². The Labute approximate surface area is 107 Å². The lowest BCUT2D eigenvalue weighted by atomic mass is 9.82. The Morgan fingerprint density at radius 2 is 2.59 bits per heavy atom. The van der Waals surface area contributed by atoms with Crippen LogP contribution in [0.15, 0.2) is 17.6 Å². The quantitative estimate of drug-likeness (QED) is 0.750. The zero-order chi connectivity index (χ0) is 12.1. The zero-order valence-corrected chi connectivity index (χ0v) is 11.1. The first kappa shape index (κ1) is 12.9. The van der Waals surface area contributed by atoms with Gasteiger partial charge in [-0.15, -0.1) is 0 Å². The van der Waals surface area contributed by atoms with Crippen LogP contribution in [-0.2, 0) is 0 Å². The highest BCUT2D eigenvalue weighted by Crippen LogP contribution is 2.36. The summed E-state index contributed by atoms with van der Waals surface area (Å²) in [5.74, 6) is 0. The molecule has 0 aromatic carbocycles. The summed E-state index contributed by atoms with van der Waals surface area (Å²) < 4.78 is 0. The molecule has 0 spiro atoms. The second-order valence-electron chi connectivity index (χ2n) is 4.70. The SMILES string of the molecule is CCNC1(CO)CCCC(Sc2ncc[nH]2)C1. The lowest BCUT2D eigenvalue weighted by Gasteiger charge is -2.40. The maximum absolute atomic E-state index is 9.62. The van der Waals surface area contributed by atoms with Crippen molar-refractivity contribution < 1.29 is 5.11 Å². The number of aliphatic hydroxyl groups excluding tert-OH is 1. The molecular formula is C12H21N3OS. The van der Waals surface area contributed by atoms with E-state index in [1.54, 1.807) is 18.0 Å². The maximum atomic E-state index is 9.62. The molecule has 3 N–H and O–H groups in total. The first-order valence-electron chi connectivity index (χ1n) is 6.30. The number of aromatic nitrogens is 2. The number of H-pyrrole nitrogens is 1. The van der Waals surface area contributed by atoms with Crippen LogP contribution in [0.25, 0.3) is 0 Å². The molecule has 0 radical (unpaired) electrons. The van der Waals surface area contributed by atoms with Crippen molar-refractivity contribution in [2.75, 3.05) is 13.2 Å². The Hall–Kier alpha value is -0.520. The van der Waals surface area contributed by atoms with Crippen molar-refractivity contribution in [3.8, 4) is 0 Å². The van der Waals surface area contributed by atoms with E-state index in [1.807, 2.05) is 6.20 Å². The minimum Gasteiger partial charge on any atom is -0.394 e. The molecule has 1 heterocycles. The summed E-state index contributed by atoms with van der Waals surface area (Å²) in [6, 6.07) is 0. The van der Waals surface area contributed by atoms with Crippen LogP contribution in [0.2, 0.25) is 0 Å². The summed E-state index contributed by atoms with van der Waals surface area (Å²) in [4.78, 5) is 7.39. The van der Waals surface area contributed by atoms with Crippen LogP contribution in [0.1, 0.15) is 32.6 Å². The normalized spacial score (nSPS) is 29.4. The van der Waals surface area contributed by atoms with Gasteiger partial charge >= 0.3 is 0 Å². The van der Waals surface area contributed by atoms with Crippen molar-refractivity contribution in [2.24, 2.45) is 0 Å². The van der Waals surface area contributed by atoms with E-state index in [1.165, 1.54) is 12.8 Å². The number of aliphatic hydroxyl groups is 1. The average molecular weight is 255 g/mol. The van der Waals surface area contributed by atoms with Gasteiger partial charge in [0.1, 0.15) is 0 Å². The average Bonchev–Trinajstić information content (AvgIpc) is 2.83. The summed E-state index contributed by atoms with van der Waals surface area (Å²) in [7, 11) is 0. The van der Waals surface area contributed by atoms with Crippen LogP contribution in [0.5, 0.6) is 0 Å². The highest BCUT2D eigenvalue weighted by Gasteiger charge is 2.35. The fourth-order valence-electron chi connectivity index (χ4n) is 2.62. The molecule has 4 nitrogen and oxygen atoms in total. The third kappa shape index (κ3) is 3.24. The maximum Gasteiger partial charge on any atom is 0.165 e. The van der Waals surface area contributed by atoms with Gasteiger partial charge in [-0.05, 0) is 25.8 Å². The van der Waals surface area contributed by atoms with E-state index in [9.17, 15) is 5.11 Å². The van der Waals surface area contributed by atoms with Crippen LogP contribution in [0.4, 0.5) is 0 Å². The number of rotatable bonds is 5. The van der Waals surface area contributed by atoms with Gasteiger partial charge in [0.25, 0.3) is 0 Å². The lowest BCUT2D eigenvalue weighted by molar-refractivity contribution is 0.125. The highest BCUT2D eigenvalue weighted by molar-refractivity contribution is 7.99. The number of thioether (sulfide) groups is 1. The van der Waals surface area contributed by atoms with Gasteiger partial charge in [-0.2, -0.15) is 0 Å². The third-order valence-corrected chi connectivity index (χ3v) is 4.59. The van der Waals surface area contributed by atoms with Gasteiger partial charge in [-0.25, -0.2) is 4.98 Å². The Kier molecular flexibility index (Phi) is 4.48. The number of nitrogens with zero attached hydrogens (tertiary/aromatic N) is 1. The summed E-state index contributed by atoms with van der Waals surface area (Å²) in [6.07, 6.45) is 8.11. The van der Waals surface area contributed by atoms with Gasteiger partial charge in [-0.1, -0.05) is 25.1 Å². The largest absolute Gasteiger partial charge is 0.394 e. The standard InChI is InChI=1S/C12H21N3OS/c1-2-15-12(9-16)5-3-4-10(8-12)17-11-13-6-7-14-11/h6-7,10,15-16H,2-5,8-9H2,1H3,(H,13,14). The number of nitrogens with one attached hydrogen (secondary N) is 2. The Morgan fingerprint density at radius 3 is 3.24 bits per heavy atom. The number of imidazole rings is 1. The molecule has 1 saturated carbocycles. The molecule has 2 rings (SSSR count). The van der Waals surface area contributed by atoms with Gasteiger partial charge in [0.2, 0.25) is 0 Å². The smallest absolute Gasteiger partial charge is 0.165 e. The van der Waals surface area contributed by atoms with Gasteiger partial charge in [0.05, 0.1) is 6.61 Å². The molecule has 0 amide bonds. The van der Waals surface area contributed by atoms with Gasteiger partial charge < -0.3 is 15.4 Å². The third-order valence-electron chi connectivity index (χ3n) is 3.41. The van der Waals surface area contributed by atoms with Crippen LogP contribution < -0.4 is 5.32 Å². The summed E-state index contributed by atoms with van der Waals surface area (Å²) in [5, 5.41) is 14.6. The Balaban J connectivity index is 1.96. The fraction of sp³-hybridized carbons (Fsp3) is 0.750. The molecule has 0 aliphatic heterocycles. The van der Waals surface area contributed by atoms with Crippen molar-refractivity contribution >= 4 is 11.8 Å². The van der Waals surface area contributed by atoms with Crippen LogP contribution in [0.3, 0.4) is 0 Å². The predicted octanol–water partition coefficient (Wildman–Crippen LogP) is 1.78.